The summed E-state index contributed by atoms with van der Waals surface area (Å²) in [4.78, 5) is 37.1. The van der Waals surface area contributed by atoms with E-state index >= 15 is 0 Å². The zero-order valence-corrected chi connectivity index (χ0v) is 20.4. The third-order valence-electron chi connectivity index (χ3n) is 5.63. The Balaban J connectivity index is 1.69. The summed E-state index contributed by atoms with van der Waals surface area (Å²) in [6.07, 6.45) is 4.03. The van der Waals surface area contributed by atoms with Crippen LogP contribution in [0.2, 0.25) is 0 Å². The van der Waals surface area contributed by atoms with Gasteiger partial charge in [0, 0.05) is 31.0 Å². The Morgan fingerprint density at radius 2 is 1.62 bits per heavy atom. The molecule has 0 bridgehead atoms. The SMILES string of the molecule is CCCCC(CC(=O)COCc1ccccc1)NC(=O)CCC(C)CNC(=O)c1ccccc1. The van der Waals surface area contributed by atoms with Crippen LogP contribution < -0.4 is 10.6 Å². The van der Waals surface area contributed by atoms with Gasteiger partial charge in [0.1, 0.15) is 6.61 Å². The second-order valence-electron chi connectivity index (χ2n) is 8.85. The second kappa shape index (κ2) is 15.8. The van der Waals surface area contributed by atoms with Gasteiger partial charge < -0.3 is 15.4 Å². The van der Waals surface area contributed by atoms with Gasteiger partial charge in [-0.3, -0.25) is 14.4 Å². The number of carbonyl (C=O) groups excluding carboxylic acids is 3. The van der Waals surface area contributed by atoms with Gasteiger partial charge in [-0.1, -0.05) is 75.2 Å². The van der Waals surface area contributed by atoms with Gasteiger partial charge in [0.15, 0.2) is 5.78 Å². The maximum absolute atomic E-state index is 12.5. The van der Waals surface area contributed by atoms with Crippen molar-refractivity contribution in [2.24, 2.45) is 5.92 Å². The van der Waals surface area contributed by atoms with Crippen LogP contribution in [0.4, 0.5) is 0 Å². The van der Waals surface area contributed by atoms with Crippen molar-refractivity contribution >= 4 is 17.6 Å². The Morgan fingerprint density at radius 3 is 2.29 bits per heavy atom. The number of Topliss-reactive ketones (excluding diaryl/α,β-unsaturated/α-hetero) is 1. The minimum atomic E-state index is -0.173. The van der Waals surface area contributed by atoms with E-state index in [2.05, 4.69) is 17.6 Å². The lowest BCUT2D eigenvalue weighted by Crippen LogP contribution is -2.37. The zero-order chi connectivity index (χ0) is 24.6. The Hall–Kier alpha value is -2.99. The Morgan fingerprint density at radius 1 is 0.941 bits per heavy atom. The van der Waals surface area contributed by atoms with Crippen LogP contribution in [0.1, 0.15) is 68.3 Å². The highest BCUT2D eigenvalue weighted by molar-refractivity contribution is 5.94. The van der Waals surface area contributed by atoms with Crippen molar-refractivity contribution in [3.63, 3.8) is 0 Å². The molecule has 2 aromatic rings. The Labute approximate surface area is 203 Å². The summed E-state index contributed by atoms with van der Waals surface area (Å²) >= 11 is 0. The van der Waals surface area contributed by atoms with Crippen LogP contribution in [0.15, 0.2) is 60.7 Å². The average molecular weight is 467 g/mol. The lowest BCUT2D eigenvalue weighted by molar-refractivity contribution is -0.125. The topological polar surface area (TPSA) is 84.5 Å². The number of nitrogens with one attached hydrogen (secondary N) is 2. The predicted molar refractivity (Wildman–Crippen MR) is 134 cm³/mol. The molecule has 0 aliphatic heterocycles. The van der Waals surface area contributed by atoms with Crippen molar-refractivity contribution in [2.75, 3.05) is 13.2 Å². The van der Waals surface area contributed by atoms with Crippen molar-refractivity contribution in [3.05, 3.63) is 71.8 Å². The maximum atomic E-state index is 12.5. The minimum Gasteiger partial charge on any atom is -0.369 e. The molecule has 2 unspecified atom stereocenters. The summed E-state index contributed by atoms with van der Waals surface area (Å²) in [6.45, 7) is 5.07. The summed E-state index contributed by atoms with van der Waals surface area (Å²) in [7, 11) is 0. The highest BCUT2D eigenvalue weighted by atomic mass is 16.5. The van der Waals surface area contributed by atoms with Crippen LogP contribution in [0, 0.1) is 5.92 Å². The van der Waals surface area contributed by atoms with E-state index in [0.717, 1.165) is 24.8 Å². The lowest BCUT2D eigenvalue weighted by atomic mass is 10.0. The fraction of sp³-hybridized carbons (Fsp3) is 0.464. The van der Waals surface area contributed by atoms with Crippen molar-refractivity contribution in [1.29, 1.82) is 0 Å². The number of benzene rings is 2. The quantitative estimate of drug-likeness (QED) is 0.376. The van der Waals surface area contributed by atoms with Crippen molar-refractivity contribution < 1.29 is 19.1 Å². The van der Waals surface area contributed by atoms with E-state index in [4.69, 9.17) is 4.74 Å². The van der Waals surface area contributed by atoms with Crippen LogP contribution in [0.25, 0.3) is 0 Å². The number of amides is 2. The summed E-state index contributed by atoms with van der Waals surface area (Å²) in [5.74, 6) is -0.000260. The number of rotatable bonds is 16. The van der Waals surface area contributed by atoms with E-state index in [-0.39, 0.29) is 42.6 Å². The molecule has 0 saturated carbocycles. The molecule has 2 N–H and O–H groups in total. The smallest absolute Gasteiger partial charge is 0.251 e. The number of hydrogen-bond donors (Lipinski definition) is 2. The normalized spacial score (nSPS) is 12.5. The number of ketones is 1. The van der Waals surface area contributed by atoms with Gasteiger partial charge in [0.2, 0.25) is 5.91 Å². The molecule has 0 aromatic heterocycles. The van der Waals surface area contributed by atoms with Crippen molar-refractivity contribution in [2.45, 2.75) is 65.0 Å². The third-order valence-corrected chi connectivity index (χ3v) is 5.63. The molecule has 0 saturated heterocycles. The van der Waals surface area contributed by atoms with Gasteiger partial charge in [-0.05, 0) is 36.5 Å². The van der Waals surface area contributed by atoms with Crippen LogP contribution in [-0.4, -0.2) is 36.8 Å². The monoisotopic (exact) mass is 466 g/mol. The summed E-state index contributed by atoms with van der Waals surface area (Å²) in [5.41, 5.74) is 1.66. The van der Waals surface area contributed by atoms with Crippen molar-refractivity contribution in [1.82, 2.24) is 10.6 Å². The first-order chi connectivity index (χ1) is 16.5. The molecule has 0 radical (unpaired) electrons. The molecule has 0 aliphatic carbocycles. The molecule has 0 aliphatic rings. The molecule has 0 fully saturated rings. The van der Waals surface area contributed by atoms with Gasteiger partial charge >= 0.3 is 0 Å². The molecule has 0 heterocycles. The molecule has 34 heavy (non-hydrogen) atoms. The van der Waals surface area contributed by atoms with Crippen LogP contribution in [-0.2, 0) is 20.9 Å². The highest BCUT2D eigenvalue weighted by Gasteiger charge is 2.17. The summed E-state index contributed by atoms with van der Waals surface area (Å²) < 4.78 is 5.55. The molecule has 2 aromatic carbocycles. The number of unbranched alkanes of at least 4 members (excludes halogenated alkanes) is 1. The minimum absolute atomic E-state index is 0.00525. The molecule has 2 rings (SSSR count). The predicted octanol–water partition coefficient (Wildman–Crippen LogP) is 4.68. The molecular formula is C28H38N2O4. The first-order valence-electron chi connectivity index (χ1n) is 12.2. The van der Waals surface area contributed by atoms with Gasteiger partial charge in [0.05, 0.1) is 6.61 Å². The number of hydrogen-bond acceptors (Lipinski definition) is 4. The third kappa shape index (κ3) is 11.2. The fourth-order valence-corrected chi connectivity index (χ4v) is 3.60. The van der Waals surface area contributed by atoms with Gasteiger partial charge in [0.25, 0.3) is 5.91 Å². The molecule has 184 valence electrons. The largest absolute Gasteiger partial charge is 0.369 e. The molecule has 2 atom stereocenters. The van der Waals surface area contributed by atoms with Crippen molar-refractivity contribution in [3.8, 4) is 0 Å². The maximum Gasteiger partial charge on any atom is 0.251 e. The van der Waals surface area contributed by atoms with Gasteiger partial charge in [-0.15, -0.1) is 0 Å². The van der Waals surface area contributed by atoms with E-state index in [0.29, 0.717) is 31.6 Å². The molecule has 6 nitrogen and oxygen atoms in total. The molecule has 6 heteroatoms. The first kappa shape index (κ1) is 27.3. The van der Waals surface area contributed by atoms with Gasteiger partial charge in [-0.25, -0.2) is 0 Å². The Kier molecular flexibility index (Phi) is 12.6. The highest BCUT2D eigenvalue weighted by Crippen LogP contribution is 2.10. The van der Waals surface area contributed by atoms with Gasteiger partial charge in [-0.2, -0.15) is 0 Å². The van der Waals surface area contributed by atoms with E-state index in [1.807, 2.05) is 55.5 Å². The Bertz CT molecular complexity index is 870. The van der Waals surface area contributed by atoms with E-state index in [1.165, 1.54) is 0 Å². The summed E-state index contributed by atoms with van der Waals surface area (Å²) in [5, 5.41) is 5.95. The standard InChI is InChI=1S/C28H38N2O4/c1-3-4-15-25(18-26(31)21-34-20-23-11-7-5-8-12-23)30-27(32)17-16-22(2)19-29-28(33)24-13-9-6-10-14-24/h5-14,22,25H,3-4,15-21H2,1-2H3,(H,29,33)(H,30,32). The molecular weight excluding hydrogens is 428 g/mol. The van der Waals surface area contributed by atoms with Crippen LogP contribution in [0.3, 0.4) is 0 Å². The second-order valence-corrected chi connectivity index (χ2v) is 8.85. The first-order valence-corrected chi connectivity index (χ1v) is 12.2. The summed E-state index contributed by atoms with van der Waals surface area (Å²) in [6, 6.07) is 18.7. The van der Waals surface area contributed by atoms with E-state index in [1.54, 1.807) is 12.1 Å². The average Bonchev–Trinajstić information content (AvgIpc) is 2.85. The van der Waals surface area contributed by atoms with Crippen LogP contribution >= 0.6 is 0 Å². The number of carbonyl (C=O) groups is 3. The number of ether oxygens (including phenoxy) is 1. The van der Waals surface area contributed by atoms with Crippen LogP contribution in [0.5, 0.6) is 0 Å². The fourth-order valence-electron chi connectivity index (χ4n) is 3.60. The molecule has 0 spiro atoms. The zero-order valence-electron chi connectivity index (χ0n) is 20.4. The van der Waals surface area contributed by atoms with E-state index < -0.39 is 0 Å². The molecule has 2 amide bonds. The van der Waals surface area contributed by atoms with E-state index in [9.17, 15) is 14.4 Å². The lowest BCUT2D eigenvalue weighted by Gasteiger charge is -2.19.